The molecule has 30 heavy (non-hydrogen) atoms. The van der Waals surface area contributed by atoms with Crippen LogP contribution in [0.3, 0.4) is 0 Å². The van der Waals surface area contributed by atoms with Crippen LogP contribution in [0.15, 0.2) is 60.9 Å². The van der Waals surface area contributed by atoms with Gasteiger partial charge in [0.2, 0.25) is 11.8 Å². The van der Waals surface area contributed by atoms with Crippen LogP contribution < -0.4 is 16.0 Å². The van der Waals surface area contributed by atoms with Gasteiger partial charge in [-0.3, -0.25) is 19.1 Å². The van der Waals surface area contributed by atoms with Gasteiger partial charge in [0.25, 0.3) is 5.91 Å². The fourth-order valence-electron chi connectivity index (χ4n) is 3.17. The number of hydrogen-bond donors (Lipinski definition) is 3. The zero-order chi connectivity index (χ0) is 21.1. The summed E-state index contributed by atoms with van der Waals surface area (Å²) in [6.45, 7) is 0.453. The molecule has 2 aromatic carbocycles. The third-order valence-corrected chi connectivity index (χ3v) is 5.02. The zero-order valence-electron chi connectivity index (χ0n) is 15.8. The molecule has 4 rings (SSSR count). The normalized spacial score (nSPS) is 15.6. The Morgan fingerprint density at radius 1 is 1.13 bits per heavy atom. The summed E-state index contributed by atoms with van der Waals surface area (Å²) in [6, 6.07) is 13.1. The average Bonchev–Trinajstić information content (AvgIpc) is 3.11. The summed E-state index contributed by atoms with van der Waals surface area (Å²) in [5.41, 5.74) is 2.16. The van der Waals surface area contributed by atoms with Crippen LogP contribution >= 0.6 is 11.6 Å². The van der Waals surface area contributed by atoms with Crippen molar-refractivity contribution in [2.45, 2.75) is 19.0 Å². The fraction of sp³-hybridized carbons (Fsp3) is 0.143. The number of benzene rings is 2. The molecular weight excluding hydrogens is 406 g/mol. The van der Waals surface area contributed by atoms with E-state index >= 15 is 0 Å². The van der Waals surface area contributed by atoms with Gasteiger partial charge in [0.1, 0.15) is 6.04 Å². The number of nitrogens with zero attached hydrogens (tertiary/aromatic N) is 2. The van der Waals surface area contributed by atoms with Crippen LogP contribution in [-0.2, 0) is 16.1 Å². The van der Waals surface area contributed by atoms with E-state index in [9.17, 15) is 14.4 Å². The smallest absolute Gasteiger partial charge is 0.254 e. The molecule has 1 aliphatic rings. The second-order valence-electron chi connectivity index (χ2n) is 6.83. The van der Waals surface area contributed by atoms with Crippen molar-refractivity contribution in [3.05, 3.63) is 77.1 Å². The third-order valence-electron chi connectivity index (χ3n) is 4.65. The summed E-state index contributed by atoms with van der Waals surface area (Å²) >= 11 is 6.16. The molecule has 1 atom stereocenters. The molecule has 0 fully saturated rings. The Morgan fingerprint density at radius 2 is 1.90 bits per heavy atom. The predicted molar refractivity (Wildman–Crippen MR) is 112 cm³/mol. The molecular formula is C21H18ClN5O3. The van der Waals surface area contributed by atoms with Gasteiger partial charge in [0.15, 0.2) is 0 Å². The van der Waals surface area contributed by atoms with Crippen LogP contribution in [0.2, 0.25) is 5.02 Å². The van der Waals surface area contributed by atoms with Gasteiger partial charge in [-0.15, -0.1) is 0 Å². The number of hydrogen-bond acceptors (Lipinski definition) is 4. The van der Waals surface area contributed by atoms with E-state index in [0.29, 0.717) is 28.5 Å². The van der Waals surface area contributed by atoms with Crippen molar-refractivity contribution in [1.82, 2.24) is 15.1 Å². The largest absolute Gasteiger partial charge is 0.340 e. The van der Waals surface area contributed by atoms with E-state index in [1.807, 2.05) is 18.2 Å². The highest BCUT2D eigenvalue weighted by atomic mass is 35.5. The average molecular weight is 424 g/mol. The molecule has 3 aromatic rings. The quantitative estimate of drug-likeness (QED) is 0.586. The maximum absolute atomic E-state index is 12.4. The van der Waals surface area contributed by atoms with E-state index in [4.69, 9.17) is 11.6 Å². The fourth-order valence-corrected chi connectivity index (χ4v) is 3.36. The number of anilines is 2. The highest BCUT2D eigenvalue weighted by Gasteiger charge is 2.29. The van der Waals surface area contributed by atoms with Crippen LogP contribution in [-0.4, -0.2) is 33.5 Å². The molecule has 0 radical (unpaired) electrons. The second kappa shape index (κ2) is 8.38. The van der Waals surface area contributed by atoms with Gasteiger partial charge in [-0.05, 0) is 23.8 Å². The molecule has 0 saturated carbocycles. The Hall–Kier alpha value is -3.65. The number of aromatic nitrogens is 2. The van der Waals surface area contributed by atoms with Gasteiger partial charge in [-0.2, -0.15) is 5.10 Å². The van der Waals surface area contributed by atoms with Gasteiger partial charge in [-0.25, -0.2) is 0 Å². The van der Waals surface area contributed by atoms with E-state index in [1.54, 1.807) is 41.2 Å². The van der Waals surface area contributed by atoms with Gasteiger partial charge in [0, 0.05) is 11.2 Å². The van der Waals surface area contributed by atoms with Crippen molar-refractivity contribution < 1.29 is 14.4 Å². The summed E-state index contributed by atoms with van der Waals surface area (Å²) in [5, 5.41) is 12.8. The summed E-state index contributed by atoms with van der Waals surface area (Å²) < 4.78 is 1.65. The van der Waals surface area contributed by atoms with Crippen molar-refractivity contribution in [3.63, 3.8) is 0 Å². The number of fused-ring (bicyclic) bond motifs is 1. The summed E-state index contributed by atoms with van der Waals surface area (Å²) in [5.74, 6) is -1.27. The molecule has 3 N–H and O–H groups in total. The lowest BCUT2D eigenvalue weighted by Gasteiger charge is -2.13. The molecule has 0 saturated heterocycles. The van der Waals surface area contributed by atoms with Crippen LogP contribution in [0, 0.1) is 0 Å². The SMILES string of the molecule is O=C(C[C@@H]1NC(=O)c2ccccc2NC1=O)Nc1cnn(Cc2ccccc2Cl)c1. The molecule has 152 valence electrons. The highest BCUT2D eigenvalue weighted by molar-refractivity contribution is 6.31. The number of carbonyl (C=O) groups is 3. The molecule has 9 heteroatoms. The predicted octanol–water partition coefficient (Wildman–Crippen LogP) is 2.66. The van der Waals surface area contributed by atoms with E-state index in [-0.39, 0.29) is 6.42 Å². The minimum absolute atomic E-state index is 0.207. The lowest BCUT2D eigenvalue weighted by atomic mass is 10.1. The van der Waals surface area contributed by atoms with Gasteiger partial charge in [0.05, 0.1) is 36.1 Å². The van der Waals surface area contributed by atoms with Crippen LogP contribution in [0.5, 0.6) is 0 Å². The molecule has 1 aromatic heterocycles. The van der Waals surface area contributed by atoms with Gasteiger partial charge >= 0.3 is 0 Å². The first-order valence-corrected chi connectivity index (χ1v) is 9.64. The molecule has 3 amide bonds. The van der Waals surface area contributed by atoms with Crippen molar-refractivity contribution in [1.29, 1.82) is 0 Å². The lowest BCUT2D eigenvalue weighted by Crippen LogP contribution is -2.43. The van der Waals surface area contributed by atoms with E-state index in [0.717, 1.165) is 5.56 Å². The second-order valence-corrected chi connectivity index (χ2v) is 7.24. The Labute approximate surface area is 177 Å². The maximum Gasteiger partial charge on any atom is 0.254 e. The van der Waals surface area contributed by atoms with Gasteiger partial charge in [-0.1, -0.05) is 41.9 Å². The molecule has 0 unspecified atom stereocenters. The number of para-hydroxylation sites is 1. The summed E-state index contributed by atoms with van der Waals surface area (Å²) in [6.07, 6.45) is 2.97. The number of halogens is 1. The molecule has 2 heterocycles. The summed E-state index contributed by atoms with van der Waals surface area (Å²) in [7, 11) is 0. The molecule has 8 nitrogen and oxygen atoms in total. The van der Waals surface area contributed by atoms with Gasteiger partial charge < -0.3 is 16.0 Å². The highest BCUT2D eigenvalue weighted by Crippen LogP contribution is 2.20. The monoisotopic (exact) mass is 423 g/mol. The third kappa shape index (κ3) is 4.33. The minimum Gasteiger partial charge on any atom is -0.340 e. The van der Waals surface area contributed by atoms with Crippen LogP contribution in [0.4, 0.5) is 11.4 Å². The first kappa shape index (κ1) is 19.7. The van der Waals surface area contributed by atoms with Crippen molar-refractivity contribution in [2.24, 2.45) is 0 Å². The van der Waals surface area contributed by atoms with Crippen molar-refractivity contribution in [2.75, 3.05) is 10.6 Å². The number of rotatable bonds is 5. The Bertz CT molecular complexity index is 1130. The standard InChI is InChI=1S/C21H18ClN5O3/c22-16-7-3-1-5-13(16)11-27-12-14(10-23-27)24-19(28)9-18-21(30)25-17-8-4-2-6-15(17)20(29)26-18/h1-8,10,12,18H,9,11H2,(H,24,28)(H,25,30)(H,26,29)/t18-/m0/s1. The number of amides is 3. The Morgan fingerprint density at radius 3 is 2.73 bits per heavy atom. The summed E-state index contributed by atoms with van der Waals surface area (Å²) in [4.78, 5) is 37.2. The maximum atomic E-state index is 12.4. The number of carbonyl (C=O) groups excluding carboxylic acids is 3. The number of nitrogens with one attached hydrogen (secondary N) is 3. The van der Waals surface area contributed by atoms with Crippen molar-refractivity contribution >= 4 is 40.7 Å². The topological polar surface area (TPSA) is 105 Å². The van der Waals surface area contributed by atoms with Crippen LogP contribution in [0.25, 0.3) is 0 Å². The Balaban J connectivity index is 1.38. The Kier molecular flexibility index (Phi) is 5.49. The first-order chi connectivity index (χ1) is 14.5. The molecule has 0 spiro atoms. The molecule has 1 aliphatic heterocycles. The minimum atomic E-state index is -0.983. The van der Waals surface area contributed by atoms with E-state index in [2.05, 4.69) is 21.0 Å². The van der Waals surface area contributed by atoms with Crippen molar-refractivity contribution in [3.8, 4) is 0 Å². The van der Waals surface area contributed by atoms with Crippen LogP contribution in [0.1, 0.15) is 22.3 Å². The molecule has 0 bridgehead atoms. The first-order valence-electron chi connectivity index (χ1n) is 9.26. The lowest BCUT2D eigenvalue weighted by molar-refractivity contribution is -0.122. The van der Waals surface area contributed by atoms with E-state index < -0.39 is 23.8 Å². The zero-order valence-corrected chi connectivity index (χ0v) is 16.5. The van der Waals surface area contributed by atoms with E-state index in [1.165, 1.54) is 6.20 Å². The molecule has 0 aliphatic carbocycles.